The summed E-state index contributed by atoms with van der Waals surface area (Å²) in [5.74, 6) is -1.17. The molecule has 1 aromatic rings. The second-order valence-electron chi connectivity index (χ2n) is 2.81. The summed E-state index contributed by atoms with van der Waals surface area (Å²) in [5.41, 5.74) is 0.180. The third-order valence-corrected chi connectivity index (χ3v) is 1.77. The van der Waals surface area contributed by atoms with Crippen LogP contribution in [0.15, 0.2) is 18.2 Å². The minimum absolute atomic E-state index is 0.0518. The zero-order valence-corrected chi connectivity index (χ0v) is 7.81. The highest BCUT2D eigenvalue weighted by molar-refractivity contribution is 5.94. The molecule has 0 aliphatic rings. The molecule has 0 heterocycles. The van der Waals surface area contributed by atoms with Gasteiger partial charge in [0.15, 0.2) is 0 Å². The summed E-state index contributed by atoms with van der Waals surface area (Å²) in [5, 5.41) is 2.47. The highest BCUT2D eigenvalue weighted by Crippen LogP contribution is 2.11. The topological polar surface area (TPSA) is 29.1 Å². The molecule has 0 spiro atoms. The Labute approximate surface area is 80.9 Å². The van der Waals surface area contributed by atoms with Crippen LogP contribution in [-0.2, 0) is 6.67 Å². The Hall–Kier alpha value is -1.45. The monoisotopic (exact) mass is 199 g/mol. The quantitative estimate of drug-likeness (QED) is 0.793. The Morgan fingerprint density at radius 3 is 2.71 bits per heavy atom. The second-order valence-corrected chi connectivity index (χ2v) is 2.81. The van der Waals surface area contributed by atoms with Crippen molar-refractivity contribution in [1.29, 1.82) is 0 Å². The molecule has 0 unspecified atom stereocenters. The lowest BCUT2D eigenvalue weighted by Gasteiger charge is -2.04. The zero-order valence-electron chi connectivity index (χ0n) is 7.81. The van der Waals surface area contributed by atoms with Gasteiger partial charge in [-0.3, -0.25) is 4.79 Å². The van der Waals surface area contributed by atoms with E-state index >= 15 is 0 Å². The van der Waals surface area contributed by atoms with Gasteiger partial charge in [-0.25, -0.2) is 8.78 Å². The van der Waals surface area contributed by atoms with Gasteiger partial charge in [-0.05, 0) is 24.6 Å². The van der Waals surface area contributed by atoms with Gasteiger partial charge in [-0.2, -0.15) is 0 Å². The number of carbonyl (C=O) groups excluding carboxylic acids is 1. The molecular weight excluding hydrogens is 188 g/mol. The van der Waals surface area contributed by atoms with E-state index < -0.39 is 18.4 Å². The molecule has 4 heteroatoms. The Kier molecular flexibility index (Phi) is 3.56. The van der Waals surface area contributed by atoms with Gasteiger partial charge < -0.3 is 5.32 Å². The molecule has 0 aromatic heterocycles. The Balaban J connectivity index is 2.94. The van der Waals surface area contributed by atoms with Gasteiger partial charge in [0.2, 0.25) is 0 Å². The Bertz CT molecular complexity index is 339. The second kappa shape index (κ2) is 4.69. The molecule has 14 heavy (non-hydrogen) atoms. The maximum Gasteiger partial charge on any atom is 0.254 e. The van der Waals surface area contributed by atoms with Gasteiger partial charge >= 0.3 is 0 Å². The summed E-state index contributed by atoms with van der Waals surface area (Å²) >= 11 is 0. The minimum Gasteiger partial charge on any atom is -0.352 e. The zero-order chi connectivity index (χ0) is 10.6. The van der Waals surface area contributed by atoms with Crippen LogP contribution in [0.4, 0.5) is 8.78 Å². The van der Waals surface area contributed by atoms with Crippen molar-refractivity contribution in [2.45, 2.75) is 13.6 Å². The normalized spacial score (nSPS) is 9.93. The number of nitrogens with one attached hydrogen (secondary N) is 1. The highest BCUT2D eigenvalue weighted by Gasteiger charge is 2.10. The molecule has 0 fully saturated rings. The van der Waals surface area contributed by atoms with Crippen LogP contribution < -0.4 is 5.32 Å². The molecule has 0 saturated heterocycles. The lowest BCUT2D eigenvalue weighted by atomic mass is 10.1. The summed E-state index contributed by atoms with van der Waals surface area (Å²) < 4.78 is 25.3. The maximum absolute atomic E-state index is 13.2. The molecule has 1 rings (SSSR count). The predicted octanol–water partition coefficient (Wildman–Crippen LogP) is 2.04. The molecule has 1 amide bonds. The number of alkyl halides is 1. The van der Waals surface area contributed by atoms with Crippen molar-refractivity contribution in [3.8, 4) is 0 Å². The van der Waals surface area contributed by atoms with Crippen LogP contribution in [0.3, 0.4) is 0 Å². The van der Waals surface area contributed by atoms with E-state index in [0.717, 1.165) is 6.07 Å². The molecule has 2 nitrogen and oxygen atoms in total. The first-order chi connectivity index (χ1) is 6.69. The summed E-state index contributed by atoms with van der Waals surface area (Å²) in [4.78, 5) is 11.2. The summed E-state index contributed by atoms with van der Waals surface area (Å²) in [6.45, 7) is 1.45. The molecule has 1 N–H and O–H groups in total. The molecule has 76 valence electrons. The number of halogens is 2. The van der Waals surface area contributed by atoms with Crippen molar-refractivity contribution < 1.29 is 13.6 Å². The number of benzene rings is 1. The van der Waals surface area contributed by atoms with Crippen LogP contribution in [-0.4, -0.2) is 12.5 Å². The molecule has 0 radical (unpaired) electrons. The summed E-state index contributed by atoms with van der Waals surface area (Å²) in [6, 6.07) is 3.72. The minimum atomic E-state index is -0.730. The first-order valence-corrected chi connectivity index (χ1v) is 4.31. The lowest BCUT2D eigenvalue weighted by Crippen LogP contribution is -2.23. The molecule has 0 saturated carbocycles. The molecule has 0 aliphatic heterocycles. The van der Waals surface area contributed by atoms with Crippen LogP contribution in [0.25, 0.3) is 0 Å². The number of hydrogen-bond donors (Lipinski definition) is 1. The molecule has 0 bridgehead atoms. The number of hydrogen-bond acceptors (Lipinski definition) is 1. The first-order valence-electron chi connectivity index (χ1n) is 4.31. The fourth-order valence-electron chi connectivity index (χ4n) is 1.08. The van der Waals surface area contributed by atoms with E-state index in [-0.39, 0.29) is 11.1 Å². The van der Waals surface area contributed by atoms with Crippen molar-refractivity contribution in [3.63, 3.8) is 0 Å². The van der Waals surface area contributed by atoms with E-state index in [9.17, 15) is 13.6 Å². The fourth-order valence-corrected chi connectivity index (χ4v) is 1.08. The van der Waals surface area contributed by atoms with Crippen LogP contribution in [0.1, 0.15) is 22.8 Å². The third-order valence-electron chi connectivity index (χ3n) is 1.77. The number of amides is 1. The summed E-state index contributed by atoms with van der Waals surface area (Å²) in [6.07, 6.45) is 0. The van der Waals surface area contributed by atoms with E-state index in [4.69, 9.17) is 0 Å². The average Bonchev–Trinajstić information content (AvgIpc) is 2.17. The van der Waals surface area contributed by atoms with E-state index in [1.165, 1.54) is 12.1 Å². The number of carbonyl (C=O) groups is 1. The van der Waals surface area contributed by atoms with Gasteiger partial charge in [0.1, 0.15) is 12.5 Å². The van der Waals surface area contributed by atoms with E-state index in [0.29, 0.717) is 6.54 Å². The summed E-state index contributed by atoms with van der Waals surface area (Å²) in [7, 11) is 0. The third kappa shape index (κ3) is 2.28. The van der Waals surface area contributed by atoms with Crippen molar-refractivity contribution in [2.24, 2.45) is 0 Å². The van der Waals surface area contributed by atoms with Crippen LogP contribution in [0, 0.1) is 5.82 Å². The average molecular weight is 199 g/mol. The first kappa shape index (κ1) is 10.6. The molecule has 0 atom stereocenters. The highest BCUT2D eigenvalue weighted by atomic mass is 19.1. The Morgan fingerprint density at radius 1 is 1.50 bits per heavy atom. The standard InChI is InChI=1S/C10H11F2NO/c1-2-13-10(14)8-4-3-7(6-11)5-9(8)12/h3-5H,2,6H2,1H3,(H,13,14). The smallest absolute Gasteiger partial charge is 0.254 e. The van der Waals surface area contributed by atoms with Gasteiger partial charge in [0.05, 0.1) is 5.56 Å². The van der Waals surface area contributed by atoms with Gasteiger partial charge in [0.25, 0.3) is 5.91 Å². The Morgan fingerprint density at radius 2 is 2.21 bits per heavy atom. The van der Waals surface area contributed by atoms with Crippen molar-refractivity contribution >= 4 is 5.91 Å². The molecule has 1 aromatic carbocycles. The van der Waals surface area contributed by atoms with Crippen LogP contribution in [0.5, 0.6) is 0 Å². The van der Waals surface area contributed by atoms with Crippen LogP contribution in [0.2, 0.25) is 0 Å². The molecule has 0 aliphatic carbocycles. The van der Waals surface area contributed by atoms with Crippen molar-refractivity contribution in [1.82, 2.24) is 5.32 Å². The fraction of sp³-hybridized carbons (Fsp3) is 0.300. The van der Waals surface area contributed by atoms with Gasteiger partial charge in [-0.15, -0.1) is 0 Å². The number of rotatable bonds is 3. The SMILES string of the molecule is CCNC(=O)c1ccc(CF)cc1F. The van der Waals surface area contributed by atoms with E-state index in [1.54, 1.807) is 6.92 Å². The molecular formula is C10H11F2NO. The lowest BCUT2D eigenvalue weighted by molar-refractivity contribution is 0.0952. The maximum atomic E-state index is 13.2. The largest absolute Gasteiger partial charge is 0.352 e. The van der Waals surface area contributed by atoms with Crippen LogP contribution >= 0.6 is 0 Å². The van der Waals surface area contributed by atoms with Crippen molar-refractivity contribution in [3.05, 3.63) is 35.1 Å². The van der Waals surface area contributed by atoms with Crippen molar-refractivity contribution in [2.75, 3.05) is 6.54 Å². The van der Waals surface area contributed by atoms with Gasteiger partial charge in [0, 0.05) is 6.54 Å². The van der Waals surface area contributed by atoms with E-state index in [1.807, 2.05) is 0 Å². The van der Waals surface area contributed by atoms with E-state index in [2.05, 4.69) is 5.32 Å². The van der Waals surface area contributed by atoms with Gasteiger partial charge in [-0.1, -0.05) is 6.07 Å². The predicted molar refractivity (Wildman–Crippen MR) is 49.2 cm³/mol.